The zero-order valence-electron chi connectivity index (χ0n) is 20.5. The zero-order valence-corrected chi connectivity index (χ0v) is 20.5. The highest BCUT2D eigenvalue weighted by molar-refractivity contribution is 6.22. The van der Waals surface area contributed by atoms with Gasteiger partial charge in [-0.1, -0.05) is 30.3 Å². The summed E-state index contributed by atoms with van der Waals surface area (Å²) in [5.41, 5.74) is 2.28. The summed E-state index contributed by atoms with van der Waals surface area (Å²) in [6.45, 7) is -0.401. The van der Waals surface area contributed by atoms with Crippen LogP contribution in [0.15, 0.2) is 78.9 Å². The van der Waals surface area contributed by atoms with Crippen LogP contribution in [0.1, 0.15) is 51.5 Å². The third-order valence-corrected chi connectivity index (χ3v) is 7.30. The Morgan fingerprint density at radius 2 is 1.46 bits per heavy atom. The number of hydrogen-bond donors (Lipinski definition) is 0. The van der Waals surface area contributed by atoms with Crippen molar-refractivity contribution in [2.24, 2.45) is 11.8 Å². The van der Waals surface area contributed by atoms with E-state index in [0.29, 0.717) is 29.8 Å². The quantitative estimate of drug-likeness (QED) is 0.264. The first-order valence-corrected chi connectivity index (χ1v) is 12.3. The van der Waals surface area contributed by atoms with Gasteiger partial charge in [0.1, 0.15) is 5.75 Å². The fourth-order valence-corrected chi connectivity index (χ4v) is 5.28. The maximum absolute atomic E-state index is 13.3. The number of Topliss-reactive ketones (excluding diaryl/α,β-unsaturated/α-hetero) is 1. The lowest BCUT2D eigenvalue weighted by atomic mass is 9.73. The molecular formula is C30H27NO6. The molecule has 3 atom stereocenters. The Morgan fingerprint density at radius 3 is 2.14 bits per heavy atom. The molecule has 5 rings (SSSR count). The number of ketones is 1. The van der Waals surface area contributed by atoms with E-state index < -0.39 is 12.6 Å². The predicted molar refractivity (Wildman–Crippen MR) is 137 cm³/mol. The predicted octanol–water partition coefficient (Wildman–Crippen LogP) is 4.81. The second-order valence-electron chi connectivity index (χ2n) is 9.42. The molecule has 0 spiro atoms. The average molecular weight is 498 g/mol. The standard InChI is InChI=1S/C30H27NO6/c1-36-24-14-9-20(10-15-24)27(32)18-37-30(35)21-7-12-23(13-8-21)31-28(33)25-16-11-22(17-26(25)29(31)34)19-5-3-2-4-6-19/h2-10,12-15,22,25-26H,11,16-18H2,1H3/t22-,25+,26-/m0/s1. The molecule has 0 aromatic heterocycles. The Kier molecular flexibility index (Phi) is 6.86. The van der Waals surface area contributed by atoms with Crippen LogP contribution in [-0.4, -0.2) is 37.3 Å². The van der Waals surface area contributed by atoms with Crippen molar-refractivity contribution < 1.29 is 28.7 Å². The second-order valence-corrected chi connectivity index (χ2v) is 9.42. The van der Waals surface area contributed by atoms with Crippen molar-refractivity contribution in [2.45, 2.75) is 25.2 Å². The van der Waals surface area contributed by atoms with Gasteiger partial charge in [-0.05, 0) is 79.3 Å². The SMILES string of the molecule is COc1ccc(C(=O)COC(=O)c2ccc(N3C(=O)[C@H]4C[C@@H](c5ccccc5)CC[C@H]4C3=O)cc2)cc1. The van der Waals surface area contributed by atoms with Gasteiger partial charge in [0.05, 0.1) is 30.2 Å². The Hall–Kier alpha value is -4.26. The lowest BCUT2D eigenvalue weighted by molar-refractivity contribution is -0.122. The molecule has 2 fully saturated rings. The van der Waals surface area contributed by atoms with Gasteiger partial charge in [0, 0.05) is 5.56 Å². The number of carbonyl (C=O) groups excluding carboxylic acids is 4. The molecule has 1 saturated carbocycles. The van der Waals surface area contributed by atoms with Gasteiger partial charge < -0.3 is 9.47 Å². The molecule has 1 heterocycles. The molecule has 3 aromatic carbocycles. The maximum atomic E-state index is 13.3. The number of carbonyl (C=O) groups is 4. The molecule has 1 saturated heterocycles. The normalized spacial score (nSPS) is 20.9. The van der Waals surface area contributed by atoms with Crippen molar-refractivity contribution >= 4 is 29.3 Å². The highest BCUT2D eigenvalue weighted by atomic mass is 16.5. The number of rotatable bonds is 7. The average Bonchev–Trinajstić information content (AvgIpc) is 3.21. The highest BCUT2D eigenvalue weighted by Crippen LogP contribution is 2.45. The van der Waals surface area contributed by atoms with Crippen LogP contribution in [0.4, 0.5) is 5.69 Å². The number of fused-ring (bicyclic) bond motifs is 1. The number of imide groups is 1. The van der Waals surface area contributed by atoms with Crippen molar-refractivity contribution in [3.63, 3.8) is 0 Å². The highest BCUT2D eigenvalue weighted by Gasteiger charge is 2.50. The molecular weight excluding hydrogens is 470 g/mol. The summed E-state index contributed by atoms with van der Waals surface area (Å²) < 4.78 is 10.2. The Labute approximate surface area is 215 Å². The van der Waals surface area contributed by atoms with Crippen LogP contribution >= 0.6 is 0 Å². The summed E-state index contributed by atoms with van der Waals surface area (Å²) >= 11 is 0. The lowest BCUT2D eigenvalue weighted by Crippen LogP contribution is -2.30. The van der Waals surface area contributed by atoms with Crippen molar-refractivity contribution in [1.29, 1.82) is 0 Å². The van der Waals surface area contributed by atoms with E-state index in [9.17, 15) is 19.2 Å². The Balaban J connectivity index is 1.22. The van der Waals surface area contributed by atoms with Gasteiger partial charge in [-0.25, -0.2) is 4.79 Å². The molecule has 7 nitrogen and oxygen atoms in total. The largest absolute Gasteiger partial charge is 0.497 e. The second kappa shape index (κ2) is 10.4. The number of hydrogen-bond acceptors (Lipinski definition) is 6. The molecule has 0 N–H and O–H groups in total. The molecule has 1 aliphatic carbocycles. The van der Waals surface area contributed by atoms with Gasteiger partial charge in [-0.15, -0.1) is 0 Å². The van der Waals surface area contributed by atoms with Crippen LogP contribution in [-0.2, 0) is 14.3 Å². The van der Waals surface area contributed by atoms with Gasteiger partial charge >= 0.3 is 5.97 Å². The summed E-state index contributed by atoms with van der Waals surface area (Å²) in [6.07, 6.45) is 2.21. The smallest absolute Gasteiger partial charge is 0.338 e. The summed E-state index contributed by atoms with van der Waals surface area (Å²) in [7, 11) is 1.54. The molecule has 0 bridgehead atoms. The van der Waals surface area contributed by atoms with Gasteiger partial charge in [0.15, 0.2) is 12.4 Å². The summed E-state index contributed by atoms with van der Waals surface area (Å²) in [5, 5.41) is 0. The zero-order chi connectivity index (χ0) is 25.9. The molecule has 37 heavy (non-hydrogen) atoms. The van der Waals surface area contributed by atoms with E-state index in [2.05, 4.69) is 12.1 Å². The van der Waals surface area contributed by atoms with E-state index in [1.807, 2.05) is 18.2 Å². The van der Waals surface area contributed by atoms with E-state index in [1.54, 1.807) is 36.4 Å². The van der Waals surface area contributed by atoms with Crippen LogP contribution < -0.4 is 9.64 Å². The van der Waals surface area contributed by atoms with Crippen LogP contribution in [0.5, 0.6) is 5.75 Å². The minimum atomic E-state index is -0.660. The Bertz CT molecular complexity index is 1320. The first-order chi connectivity index (χ1) is 18.0. The fourth-order valence-electron chi connectivity index (χ4n) is 5.28. The number of benzene rings is 3. The number of anilines is 1. The van der Waals surface area contributed by atoms with Crippen LogP contribution in [0, 0.1) is 11.8 Å². The third-order valence-electron chi connectivity index (χ3n) is 7.30. The monoisotopic (exact) mass is 497 g/mol. The van der Waals surface area contributed by atoms with E-state index in [0.717, 1.165) is 6.42 Å². The van der Waals surface area contributed by atoms with Gasteiger partial charge in [0.25, 0.3) is 0 Å². The molecule has 2 amide bonds. The number of ether oxygens (including phenoxy) is 2. The molecule has 1 aliphatic heterocycles. The van der Waals surface area contributed by atoms with Crippen molar-refractivity contribution in [3.8, 4) is 5.75 Å². The van der Waals surface area contributed by atoms with E-state index >= 15 is 0 Å². The number of esters is 1. The van der Waals surface area contributed by atoms with Crippen LogP contribution in [0.25, 0.3) is 0 Å². The molecule has 0 unspecified atom stereocenters. The van der Waals surface area contributed by atoms with Crippen molar-refractivity contribution in [2.75, 3.05) is 18.6 Å². The summed E-state index contributed by atoms with van der Waals surface area (Å²) in [4.78, 5) is 52.4. The number of amides is 2. The molecule has 3 aromatic rings. The van der Waals surface area contributed by atoms with Gasteiger partial charge in [-0.3, -0.25) is 19.3 Å². The maximum Gasteiger partial charge on any atom is 0.338 e. The third kappa shape index (κ3) is 4.89. The first kappa shape index (κ1) is 24.4. The van der Waals surface area contributed by atoms with E-state index in [1.165, 1.54) is 29.7 Å². The fraction of sp³-hybridized carbons (Fsp3) is 0.267. The molecule has 2 aliphatic rings. The van der Waals surface area contributed by atoms with Gasteiger partial charge in [-0.2, -0.15) is 0 Å². The van der Waals surface area contributed by atoms with Crippen molar-refractivity contribution in [1.82, 2.24) is 0 Å². The van der Waals surface area contributed by atoms with Gasteiger partial charge in [0.2, 0.25) is 11.8 Å². The summed E-state index contributed by atoms with van der Waals surface area (Å²) in [6, 6.07) is 22.8. The van der Waals surface area contributed by atoms with E-state index in [-0.39, 0.29) is 40.9 Å². The Morgan fingerprint density at radius 1 is 0.811 bits per heavy atom. The topological polar surface area (TPSA) is 90.0 Å². The summed E-state index contributed by atoms with van der Waals surface area (Å²) in [5.74, 6) is -1.11. The number of nitrogens with zero attached hydrogens (tertiary/aromatic N) is 1. The van der Waals surface area contributed by atoms with Crippen LogP contribution in [0.2, 0.25) is 0 Å². The van der Waals surface area contributed by atoms with E-state index in [4.69, 9.17) is 9.47 Å². The minimum Gasteiger partial charge on any atom is -0.497 e. The minimum absolute atomic E-state index is 0.179. The first-order valence-electron chi connectivity index (χ1n) is 12.3. The van der Waals surface area contributed by atoms with Crippen molar-refractivity contribution in [3.05, 3.63) is 95.6 Å². The van der Waals surface area contributed by atoms with Crippen LogP contribution in [0.3, 0.4) is 0 Å². The molecule has 188 valence electrons. The molecule has 7 heteroatoms. The number of methoxy groups -OCH3 is 1. The molecule has 0 radical (unpaired) electrons. The lowest BCUT2D eigenvalue weighted by Gasteiger charge is -2.28.